The van der Waals surface area contributed by atoms with Crippen LogP contribution in [0, 0.1) is 5.92 Å². The van der Waals surface area contributed by atoms with Gasteiger partial charge in [-0.2, -0.15) is 0 Å². The molecule has 1 atom stereocenters. The molecule has 1 fully saturated rings. The lowest BCUT2D eigenvalue weighted by atomic mass is 10.0. The first-order chi connectivity index (χ1) is 15.1. The molecule has 4 rings (SSSR count). The number of nitrogens with zero attached hydrogens (tertiary/aromatic N) is 1. The quantitative estimate of drug-likeness (QED) is 0.353. The van der Waals surface area contributed by atoms with Gasteiger partial charge >= 0.3 is 0 Å². The number of halogens is 1. The van der Waals surface area contributed by atoms with E-state index in [0.29, 0.717) is 11.7 Å². The molecular formula is C26H34ClNO3S. The molecular weight excluding hydrogens is 442 g/mol. The summed E-state index contributed by atoms with van der Waals surface area (Å²) < 4.78 is 13.4. The standard InChI is InChI=1S/C26H33NO3S.ClH/c1-3-19(2)17-25-26(23-12-7-20(28)18-24(23)31-25)30-22-10-8-21(9-11-22)29-16-15-27-13-5-4-6-14-27;/h7-12,18-19,28H,3-6,13-17H2,1-2H3;1H. The summed E-state index contributed by atoms with van der Waals surface area (Å²) in [6.45, 7) is 8.59. The van der Waals surface area contributed by atoms with Crippen molar-refractivity contribution in [3.63, 3.8) is 0 Å². The Balaban J connectivity index is 0.00000289. The number of benzene rings is 2. The number of phenols is 1. The van der Waals surface area contributed by atoms with E-state index in [1.165, 1.54) is 37.2 Å². The van der Waals surface area contributed by atoms with Gasteiger partial charge in [-0.3, -0.25) is 4.90 Å². The van der Waals surface area contributed by atoms with Gasteiger partial charge in [0.1, 0.15) is 29.6 Å². The van der Waals surface area contributed by atoms with Crippen LogP contribution in [-0.4, -0.2) is 36.2 Å². The van der Waals surface area contributed by atoms with E-state index in [9.17, 15) is 5.11 Å². The van der Waals surface area contributed by atoms with E-state index in [-0.39, 0.29) is 12.4 Å². The van der Waals surface area contributed by atoms with E-state index in [2.05, 4.69) is 18.7 Å². The third-order valence-electron chi connectivity index (χ3n) is 6.10. The number of hydrogen-bond acceptors (Lipinski definition) is 5. The van der Waals surface area contributed by atoms with Gasteiger partial charge in [-0.1, -0.05) is 26.7 Å². The predicted octanol–water partition coefficient (Wildman–Crippen LogP) is 7.27. The average molecular weight is 476 g/mol. The molecule has 6 heteroatoms. The van der Waals surface area contributed by atoms with E-state index >= 15 is 0 Å². The molecule has 1 N–H and O–H groups in total. The van der Waals surface area contributed by atoms with Crippen molar-refractivity contribution in [1.82, 2.24) is 4.90 Å². The van der Waals surface area contributed by atoms with Crippen molar-refractivity contribution in [1.29, 1.82) is 0 Å². The number of ether oxygens (including phenoxy) is 2. The van der Waals surface area contributed by atoms with E-state index in [1.807, 2.05) is 36.4 Å². The molecule has 32 heavy (non-hydrogen) atoms. The van der Waals surface area contributed by atoms with Gasteiger partial charge in [0.15, 0.2) is 0 Å². The number of fused-ring (bicyclic) bond motifs is 1. The van der Waals surface area contributed by atoms with Gasteiger partial charge in [-0.05, 0) is 80.7 Å². The number of likely N-dealkylation sites (tertiary alicyclic amines) is 1. The SMILES string of the molecule is CCC(C)Cc1sc2cc(O)ccc2c1Oc1ccc(OCCN2CCCCC2)cc1.Cl. The molecule has 1 aliphatic heterocycles. The van der Waals surface area contributed by atoms with Gasteiger partial charge in [-0.25, -0.2) is 0 Å². The van der Waals surface area contributed by atoms with Crippen LogP contribution in [0.25, 0.3) is 10.1 Å². The Morgan fingerprint density at radius 3 is 2.47 bits per heavy atom. The average Bonchev–Trinajstić information content (AvgIpc) is 3.11. The highest BCUT2D eigenvalue weighted by molar-refractivity contribution is 7.19. The maximum absolute atomic E-state index is 9.88. The summed E-state index contributed by atoms with van der Waals surface area (Å²) in [7, 11) is 0. The Kier molecular flexibility index (Phi) is 9.09. The summed E-state index contributed by atoms with van der Waals surface area (Å²) >= 11 is 1.71. The first-order valence-corrected chi connectivity index (χ1v) is 12.3. The number of thiophene rings is 1. The summed E-state index contributed by atoms with van der Waals surface area (Å²) in [5.41, 5.74) is 0. The van der Waals surface area contributed by atoms with Gasteiger partial charge in [-0.15, -0.1) is 23.7 Å². The van der Waals surface area contributed by atoms with Crippen molar-refractivity contribution < 1.29 is 14.6 Å². The number of hydrogen-bond donors (Lipinski definition) is 1. The molecule has 0 bridgehead atoms. The molecule has 174 valence electrons. The smallest absolute Gasteiger partial charge is 0.149 e. The molecule has 1 unspecified atom stereocenters. The minimum absolute atomic E-state index is 0. The van der Waals surface area contributed by atoms with E-state index in [1.54, 1.807) is 17.4 Å². The lowest BCUT2D eigenvalue weighted by molar-refractivity contribution is 0.183. The normalized spacial score (nSPS) is 15.3. The van der Waals surface area contributed by atoms with Crippen molar-refractivity contribution in [2.45, 2.75) is 46.0 Å². The second kappa shape index (κ2) is 11.8. The van der Waals surface area contributed by atoms with Gasteiger partial charge < -0.3 is 14.6 Å². The van der Waals surface area contributed by atoms with Crippen LogP contribution in [-0.2, 0) is 6.42 Å². The molecule has 2 heterocycles. The monoisotopic (exact) mass is 475 g/mol. The lowest BCUT2D eigenvalue weighted by Gasteiger charge is -2.26. The number of rotatable bonds is 9. The molecule has 4 nitrogen and oxygen atoms in total. The molecule has 2 aromatic carbocycles. The van der Waals surface area contributed by atoms with Crippen LogP contribution >= 0.6 is 23.7 Å². The first-order valence-electron chi connectivity index (χ1n) is 11.5. The van der Waals surface area contributed by atoms with Crippen molar-refractivity contribution in [2.75, 3.05) is 26.2 Å². The molecule has 3 aromatic rings. The van der Waals surface area contributed by atoms with Crippen molar-refractivity contribution in [2.24, 2.45) is 5.92 Å². The number of piperidine rings is 1. The highest BCUT2D eigenvalue weighted by Gasteiger charge is 2.17. The Morgan fingerprint density at radius 2 is 1.75 bits per heavy atom. The fourth-order valence-electron chi connectivity index (χ4n) is 4.02. The van der Waals surface area contributed by atoms with Crippen LogP contribution in [0.2, 0.25) is 0 Å². The largest absolute Gasteiger partial charge is 0.508 e. The minimum atomic E-state index is 0. The van der Waals surface area contributed by atoms with Crippen LogP contribution in [0.4, 0.5) is 0 Å². The highest BCUT2D eigenvalue weighted by atomic mass is 35.5. The van der Waals surface area contributed by atoms with Crippen LogP contribution in [0.1, 0.15) is 44.4 Å². The second-order valence-corrected chi connectivity index (χ2v) is 9.71. The molecule has 0 spiro atoms. The number of phenolic OH excluding ortho intramolecular Hbond substituents is 1. The van der Waals surface area contributed by atoms with Crippen molar-refractivity contribution in [3.8, 4) is 23.0 Å². The second-order valence-electron chi connectivity index (χ2n) is 8.58. The third kappa shape index (κ3) is 6.31. The van der Waals surface area contributed by atoms with Crippen LogP contribution in [0.15, 0.2) is 42.5 Å². The van der Waals surface area contributed by atoms with Crippen LogP contribution in [0.5, 0.6) is 23.0 Å². The molecule has 0 aliphatic carbocycles. The molecule has 0 saturated carbocycles. The lowest BCUT2D eigenvalue weighted by Crippen LogP contribution is -2.33. The summed E-state index contributed by atoms with van der Waals surface area (Å²) in [4.78, 5) is 3.72. The highest BCUT2D eigenvalue weighted by Crippen LogP contribution is 2.43. The molecule has 1 aliphatic rings. The van der Waals surface area contributed by atoms with E-state index in [0.717, 1.165) is 53.3 Å². The summed E-state index contributed by atoms with van der Waals surface area (Å²) in [5, 5.41) is 10.9. The van der Waals surface area contributed by atoms with Gasteiger partial charge in [0.05, 0.1) is 0 Å². The topological polar surface area (TPSA) is 41.9 Å². The van der Waals surface area contributed by atoms with Gasteiger partial charge in [0, 0.05) is 21.5 Å². The minimum Gasteiger partial charge on any atom is -0.508 e. The summed E-state index contributed by atoms with van der Waals surface area (Å²) in [6, 6.07) is 13.4. The van der Waals surface area contributed by atoms with Crippen LogP contribution < -0.4 is 9.47 Å². The van der Waals surface area contributed by atoms with Crippen molar-refractivity contribution in [3.05, 3.63) is 47.3 Å². The molecule has 1 aromatic heterocycles. The fraction of sp³-hybridized carbons (Fsp3) is 0.462. The first kappa shape index (κ1) is 24.7. The zero-order valence-corrected chi connectivity index (χ0v) is 20.6. The predicted molar refractivity (Wildman–Crippen MR) is 136 cm³/mol. The maximum Gasteiger partial charge on any atom is 0.149 e. The molecule has 1 saturated heterocycles. The Labute approximate surface area is 201 Å². The maximum atomic E-state index is 9.88. The Bertz CT molecular complexity index is 983. The summed E-state index contributed by atoms with van der Waals surface area (Å²) in [5.74, 6) is 3.48. The Hall–Kier alpha value is -1.95. The Morgan fingerprint density at radius 1 is 1.03 bits per heavy atom. The number of aromatic hydroxyl groups is 1. The van der Waals surface area contributed by atoms with E-state index in [4.69, 9.17) is 9.47 Å². The van der Waals surface area contributed by atoms with Gasteiger partial charge in [0.2, 0.25) is 0 Å². The fourth-order valence-corrected chi connectivity index (χ4v) is 5.34. The van der Waals surface area contributed by atoms with E-state index < -0.39 is 0 Å². The van der Waals surface area contributed by atoms with Crippen LogP contribution in [0.3, 0.4) is 0 Å². The summed E-state index contributed by atoms with van der Waals surface area (Å²) in [6.07, 6.45) is 6.08. The molecule has 0 amide bonds. The van der Waals surface area contributed by atoms with Crippen molar-refractivity contribution >= 4 is 33.8 Å². The zero-order chi connectivity index (χ0) is 21.6. The zero-order valence-electron chi connectivity index (χ0n) is 19.0. The third-order valence-corrected chi connectivity index (χ3v) is 7.25. The van der Waals surface area contributed by atoms with Gasteiger partial charge in [0.25, 0.3) is 0 Å². The molecule has 0 radical (unpaired) electrons.